The highest BCUT2D eigenvalue weighted by atomic mass is 32.1. The Bertz CT molecular complexity index is 719. The Morgan fingerprint density at radius 1 is 1.19 bits per heavy atom. The van der Waals surface area contributed by atoms with Gasteiger partial charge in [0.2, 0.25) is 0 Å². The van der Waals surface area contributed by atoms with Crippen LogP contribution in [0.2, 0.25) is 0 Å². The molecule has 2 aromatic rings. The number of rotatable bonds is 5. The fraction of sp³-hybridized carbons (Fsp3) is 0.571. The normalized spacial score (nSPS) is 21.7. The first-order valence-electron chi connectivity index (χ1n) is 9.86. The second kappa shape index (κ2) is 8.69. The van der Waals surface area contributed by atoms with Crippen LogP contribution >= 0.6 is 11.3 Å². The number of piperidine rings is 1. The first-order chi connectivity index (χ1) is 13.2. The van der Waals surface area contributed by atoms with Gasteiger partial charge in [0.05, 0.1) is 36.6 Å². The number of hydrogen-bond acceptors (Lipinski definition) is 6. The molecule has 2 aliphatic rings. The van der Waals surface area contributed by atoms with Crippen LogP contribution in [0.25, 0.3) is 11.3 Å². The van der Waals surface area contributed by atoms with E-state index in [1.807, 2.05) is 0 Å². The van der Waals surface area contributed by atoms with Gasteiger partial charge in [-0.15, -0.1) is 11.3 Å². The Kier molecular flexibility index (Phi) is 6.08. The van der Waals surface area contributed by atoms with Gasteiger partial charge >= 0.3 is 0 Å². The lowest BCUT2D eigenvalue weighted by Gasteiger charge is -2.39. The fourth-order valence-corrected chi connectivity index (χ4v) is 4.64. The topological polar surface area (TPSA) is 37.8 Å². The molecule has 0 bridgehead atoms. The van der Waals surface area contributed by atoms with Crippen molar-refractivity contribution in [2.45, 2.75) is 31.9 Å². The van der Waals surface area contributed by atoms with Crippen LogP contribution in [0.1, 0.15) is 17.8 Å². The summed E-state index contributed by atoms with van der Waals surface area (Å²) >= 11 is 1.70. The summed E-state index contributed by atoms with van der Waals surface area (Å²) < 4.78 is 11.3. The number of aromatic nitrogens is 1. The number of likely N-dealkylation sites (N-methyl/N-ethyl adjacent to an activating group) is 1. The zero-order valence-corrected chi connectivity index (χ0v) is 17.1. The summed E-state index contributed by atoms with van der Waals surface area (Å²) in [4.78, 5) is 9.54. The third kappa shape index (κ3) is 4.69. The van der Waals surface area contributed by atoms with Gasteiger partial charge in [0, 0.05) is 42.3 Å². The van der Waals surface area contributed by atoms with E-state index in [2.05, 4.69) is 58.4 Å². The third-order valence-corrected chi connectivity index (χ3v) is 6.39. The Labute approximate surface area is 165 Å². The standard InChI is InChI=1S/C21H29N3O2S/c1-16-22-21(15-27-16)17-3-5-19(6-4-17)24-9-7-18(8-10-24)23(2)13-20-14-25-11-12-26-20/h3-6,15,18,20H,7-14H2,1-2H3/t20-/m1/s1. The molecule has 1 atom stereocenters. The molecule has 0 unspecified atom stereocenters. The van der Waals surface area contributed by atoms with Crippen molar-refractivity contribution < 1.29 is 9.47 Å². The molecule has 6 heteroatoms. The Morgan fingerprint density at radius 2 is 1.96 bits per heavy atom. The molecular weight excluding hydrogens is 358 g/mol. The molecular formula is C21H29N3O2S. The SMILES string of the molecule is Cc1nc(-c2ccc(N3CCC(N(C)C[C@@H]4COCCO4)CC3)cc2)cs1. The van der Waals surface area contributed by atoms with Crippen molar-refractivity contribution in [2.75, 3.05) is 51.4 Å². The number of nitrogens with zero attached hydrogens (tertiary/aromatic N) is 3. The second-order valence-corrected chi connectivity index (χ2v) is 8.59. The van der Waals surface area contributed by atoms with E-state index in [1.54, 1.807) is 11.3 Å². The molecule has 0 aliphatic carbocycles. The van der Waals surface area contributed by atoms with Crippen molar-refractivity contribution in [3.05, 3.63) is 34.7 Å². The van der Waals surface area contributed by atoms with Crippen molar-refractivity contribution in [1.29, 1.82) is 0 Å². The van der Waals surface area contributed by atoms with Gasteiger partial charge in [0.1, 0.15) is 0 Å². The lowest BCUT2D eigenvalue weighted by Crippen LogP contribution is -2.47. The summed E-state index contributed by atoms with van der Waals surface area (Å²) in [6.07, 6.45) is 2.61. The minimum Gasteiger partial charge on any atom is -0.376 e. The van der Waals surface area contributed by atoms with Gasteiger partial charge in [-0.25, -0.2) is 4.98 Å². The van der Waals surface area contributed by atoms with Gasteiger partial charge in [-0.3, -0.25) is 0 Å². The number of hydrogen-bond donors (Lipinski definition) is 0. The Balaban J connectivity index is 1.29. The summed E-state index contributed by atoms with van der Waals surface area (Å²) in [6.45, 7) is 7.42. The Hall–Kier alpha value is -1.47. The molecule has 0 N–H and O–H groups in total. The van der Waals surface area contributed by atoms with Gasteiger partial charge in [-0.1, -0.05) is 12.1 Å². The fourth-order valence-electron chi connectivity index (χ4n) is 4.02. The maximum atomic E-state index is 5.80. The van der Waals surface area contributed by atoms with Crippen molar-refractivity contribution in [2.24, 2.45) is 0 Å². The predicted molar refractivity (Wildman–Crippen MR) is 111 cm³/mol. The average Bonchev–Trinajstić information content (AvgIpc) is 3.15. The van der Waals surface area contributed by atoms with Crippen LogP contribution in [0.15, 0.2) is 29.6 Å². The van der Waals surface area contributed by atoms with E-state index < -0.39 is 0 Å². The molecule has 2 aliphatic heterocycles. The average molecular weight is 388 g/mol. The predicted octanol–water partition coefficient (Wildman–Crippen LogP) is 3.43. The summed E-state index contributed by atoms with van der Waals surface area (Å²) in [6, 6.07) is 9.50. The van der Waals surface area contributed by atoms with Crippen LogP contribution in [0.4, 0.5) is 5.69 Å². The molecule has 5 nitrogen and oxygen atoms in total. The van der Waals surface area contributed by atoms with E-state index in [4.69, 9.17) is 9.47 Å². The quantitative estimate of drug-likeness (QED) is 0.786. The summed E-state index contributed by atoms with van der Waals surface area (Å²) in [5.41, 5.74) is 3.60. The molecule has 0 amide bonds. The minimum absolute atomic E-state index is 0.226. The molecule has 0 saturated carbocycles. The highest BCUT2D eigenvalue weighted by Crippen LogP contribution is 2.27. The molecule has 0 spiro atoms. The zero-order valence-electron chi connectivity index (χ0n) is 16.3. The van der Waals surface area contributed by atoms with Gasteiger partial charge in [-0.05, 0) is 38.9 Å². The molecule has 4 rings (SSSR count). The molecule has 2 fully saturated rings. The second-order valence-electron chi connectivity index (χ2n) is 7.52. The molecule has 1 aromatic carbocycles. The van der Waals surface area contributed by atoms with Crippen molar-refractivity contribution >= 4 is 17.0 Å². The van der Waals surface area contributed by atoms with E-state index >= 15 is 0 Å². The number of thiazole rings is 1. The van der Waals surface area contributed by atoms with Crippen LogP contribution in [0.3, 0.4) is 0 Å². The summed E-state index contributed by atoms with van der Waals surface area (Å²) in [5, 5.41) is 3.25. The van der Waals surface area contributed by atoms with Crippen molar-refractivity contribution in [3.8, 4) is 11.3 Å². The maximum absolute atomic E-state index is 5.80. The van der Waals surface area contributed by atoms with Crippen molar-refractivity contribution in [3.63, 3.8) is 0 Å². The first kappa shape index (κ1) is 18.9. The highest BCUT2D eigenvalue weighted by Gasteiger charge is 2.25. The molecule has 3 heterocycles. The maximum Gasteiger partial charge on any atom is 0.0936 e. The minimum atomic E-state index is 0.226. The third-order valence-electron chi connectivity index (χ3n) is 5.61. The van der Waals surface area contributed by atoms with Crippen molar-refractivity contribution in [1.82, 2.24) is 9.88 Å². The lowest BCUT2D eigenvalue weighted by molar-refractivity contribution is -0.0989. The smallest absolute Gasteiger partial charge is 0.0936 e. The molecule has 146 valence electrons. The highest BCUT2D eigenvalue weighted by molar-refractivity contribution is 7.09. The van der Waals surface area contributed by atoms with Gasteiger partial charge in [0.25, 0.3) is 0 Å². The van der Waals surface area contributed by atoms with E-state index in [1.165, 1.54) is 24.1 Å². The Morgan fingerprint density at radius 3 is 2.59 bits per heavy atom. The van der Waals surface area contributed by atoms with Crippen LogP contribution in [0, 0.1) is 6.92 Å². The van der Waals surface area contributed by atoms with Crippen LogP contribution in [-0.2, 0) is 9.47 Å². The lowest BCUT2D eigenvalue weighted by atomic mass is 10.0. The van der Waals surface area contributed by atoms with E-state index in [0.717, 1.165) is 50.2 Å². The number of ether oxygens (including phenoxy) is 2. The number of benzene rings is 1. The van der Waals surface area contributed by atoms with Crippen LogP contribution < -0.4 is 4.90 Å². The van der Waals surface area contributed by atoms with Crippen LogP contribution in [-0.4, -0.2) is 68.5 Å². The number of anilines is 1. The number of aryl methyl sites for hydroxylation is 1. The monoisotopic (exact) mass is 387 g/mol. The van der Waals surface area contributed by atoms with E-state index in [0.29, 0.717) is 6.04 Å². The summed E-state index contributed by atoms with van der Waals surface area (Å²) in [7, 11) is 2.23. The molecule has 1 aromatic heterocycles. The summed E-state index contributed by atoms with van der Waals surface area (Å²) in [5.74, 6) is 0. The molecule has 27 heavy (non-hydrogen) atoms. The zero-order chi connectivity index (χ0) is 18.6. The van der Waals surface area contributed by atoms with E-state index in [9.17, 15) is 0 Å². The van der Waals surface area contributed by atoms with Gasteiger partial charge in [-0.2, -0.15) is 0 Å². The van der Waals surface area contributed by atoms with Crippen LogP contribution in [0.5, 0.6) is 0 Å². The van der Waals surface area contributed by atoms with Gasteiger partial charge in [0.15, 0.2) is 0 Å². The van der Waals surface area contributed by atoms with Gasteiger partial charge < -0.3 is 19.3 Å². The van der Waals surface area contributed by atoms with E-state index in [-0.39, 0.29) is 6.10 Å². The first-order valence-corrected chi connectivity index (χ1v) is 10.7. The molecule has 2 saturated heterocycles. The largest absolute Gasteiger partial charge is 0.376 e. The molecule has 0 radical (unpaired) electrons.